The van der Waals surface area contributed by atoms with Crippen molar-refractivity contribution in [2.24, 2.45) is 5.92 Å². The smallest absolute Gasteiger partial charge is 0.243 e. The maximum Gasteiger partial charge on any atom is 0.243 e. The molecular formula is C19H27N3O5S. The highest BCUT2D eigenvalue weighted by Crippen LogP contribution is 2.24. The molecule has 9 heteroatoms. The molecule has 2 saturated heterocycles. The minimum Gasteiger partial charge on any atom is -0.383 e. The van der Waals surface area contributed by atoms with Gasteiger partial charge in [0.05, 0.1) is 23.5 Å². The Balaban J connectivity index is 1.61. The number of rotatable bonds is 7. The molecule has 0 saturated carbocycles. The summed E-state index contributed by atoms with van der Waals surface area (Å²) in [5, 5.41) is 2.79. The Morgan fingerprint density at radius 1 is 1.25 bits per heavy atom. The Labute approximate surface area is 165 Å². The van der Waals surface area contributed by atoms with Crippen molar-refractivity contribution in [3.05, 3.63) is 24.3 Å². The van der Waals surface area contributed by atoms with E-state index in [0.717, 1.165) is 12.8 Å². The highest BCUT2D eigenvalue weighted by molar-refractivity contribution is 7.89. The molecule has 0 unspecified atom stereocenters. The van der Waals surface area contributed by atoms with Gasteiger partial charge in [0.1, 0.15) is 0 Å². The molecule has 3 rings (SSSR count). The number of methoxy groups -OCH3 is 1. The predicted octanol–water partition coefficient (Wildman–Crippen LogP) is 1.29. The summed E-state index contributed by atoms with van der Waals surface area (Å²) >= 11 is 0. The van der Waals surface area contributed by atoms with Gasteiger partial charge in [-0.15, -0.1) is 0 Å². The third kappa shape index (κ3) is 4.37. The first kappa shape index (κ1) is 20.8. The third-order valence-corrected chi connectivity index (χ3v) is 7.21. The number of nitrogens with zero attached hydrogens (tertiary/aromatic N) is 2. The molecule has 1 aromatic rings. The molecule has 154 valence electrons. The molecular weight excluding hydrogens is 382 g/mol. The summed E-state index contributed by atoms with van der Waals surface area (Å²) in [5.41, 5.74) is 0.515. The van der Waals surface area contributed by atoms with Crippen LogP contribution in [0.3, 0.4) is 0 Å². The lowest BCUT2D eigenvalue weighted by Gasteiger charge is -2.23. The number of amides is 2. The number of anilines is 1. The Hall–Kier alpha value is -1.97. The molecule has 8 nitrogen and oxygen atoms in total. The van der Waals surface area contributed by atoms with Gasteiger partial charge in [-0.05, 0) is 44.0 Å². The van der Waals surface area contributed by atoms with E-state index in [2.05, 4.69) is 5.32 Å². The average Bonchev–Trinajstić information content (AvgIpc) is 3.32. The Morgan fingerprint density at radius 3 is 2.50 bits per heavy atom. The van der Waals surface area contributed by atoms with Gasteiger partial charge in [0.15, 0.2) is 0 Å². The van der Waals surface area contributed by atoms with Crippen LogP contribution in [0.15, 0.2) is 29.2 Å². The van der Waals surface area contributed by atoms with Gasteiger partial charge in [-0.2, -0.15) is 4.31 Å². The van der Waals surface area contributed by atoms with Crippen molar-refractivity contribution in [2.45, 2.75) is 37.1 Å². The van der Waals surface area contributed by atoms with Crippen molar-refractivity contribution in [3.8, 4) is 0 Å². The summed E-state index contributed by atoms with van der Waals surface area (Å²) in [5.74, 6) is -0.729. The summed E-state index contributed by atoms with van der Waals surface area (Å²) in [6.45, 7) is 3.77. The van der Waals surface area contributed by atoms with E-state index in [0.29, 0.717) is 31.9 Å². The van der Waals surface area contributed by atoms with Crippen molar-refractivity contribution in [3.63, 3.8) is 0 Å². The average molecular weight is 410 g/mol. The second-order valence-electron chi connectivity index (χ2n) is 7.38. The number of likely N-dealkylation sites (tertiary alicyclic amines) is 1. The zero-order valence-corrected chi connectivity index (χ0v) is 17.1. The van der Waals surface area contributed by atoms with Gasteiger partial charge in [-0.3, -0.25) is 9.59 Å². The van der Waals surface area contributed by atoms with Crippen LogP contribution in [0.25, 0.3) is 0 Å². The molecule has 0 spiro atoms. The molecule has 1 N–H and O–H groups in total. The van der Waals surface area contributed by atoms with Crippen LogP contribution in [0.5, 0.6) is 0 Å². The summed E-state index contributed by atoms with van der Waals surface area (Å²) in [7, 11) is -1.89. The molecule has 2 atom stereocenters. The van der Waals surface area contributed by atoms with Crippen molar-refractivity contribution >= 4 is 27.5 Å². The van der Waals surface area contributed by atoms with E-state index in [9.17, 15) is 18.0 Å². The fourth-order valence-electron chi connectivity index (χ4n) is 3.70. The Morgan fingerprint density at radius 2 is 1.89 bits per heavy atom. The molecule has 0 bridgehead atoms. The highest BCUT2D eigenvalue weighted by atomic mass is 32.2. The minimum atomic E-state index is -3.47. The predicted molar refractivity (Wildman–Crippen MR) is 104 cm³/mol. The van der Waals surface area contributed by atoms with Crippen LogP contribution in [-0.2, 0) is 24.3 Å². The van der Waals surface area contributed by atoms with Crippen molar-refractivity contribution < 1.29 is 22.7 Å². The van der Waals surface area contributed by atoms with Gasteiger partial charge >= 0.3 is 0 Å². The quantitative estimate of drug-likeness (QED) is 0.732. The molecule has 2 aliphatic heterocycles. The summed E-state index contributed by atoms with van der Waals surface area (Å²) in [6.07, 6.45) is 1.93. The zero-order chi connectivity index (χ0) is 20.3. The van der Waals surface area contributed by atoms with Gasteiger partial charge < -0.3 is 15.0 Å². The molecule has 2 aliphatic rings. The maximum absolute atomic E-state index is 12.6. The van der Waals surface area contributed by atoms with Gasteiger partial charge in [0.2, 0.25) is 21.8 Å². The monoisotopic (exact) mass is 409 g/mol. The fourth-order valence-corrected chi connectivity index (χ4v) is 5.21. The van der Waals surface area contributed by atoms with Crippen LogP contribution in [0.2, 0.25) is 0 Å². The SMILES string of the molecule is COC[C@H](C)N1C[C@@H](C(=O)Nc2ccc(S(=O)(=O)N3CCCC3)cc2)CC1=O. The van der Waals surface area contributed by atoms with Crippen molar-refractivity contribution in [1.82, 2.24) is 9.21 Å². The summed E-state index contributed by atoms with van der Waals surface area (Å²) in [4.78, 5) is 26.6. The van der Waals surface area contributed by atoms with Gasteiger partial charge in [0.25, 0.3) is 0 Å². The number of carbonyl (C=O) groups excluding carboxylic acids is 2. The van der Waals surface area contributed by atoms with Crippen molar-refractivity contribution in [2.75, 3.05) is 38.7 Å². The van der Waals surface area contributed by atoms with Crippen LogP contribution in [0.4, 0.5) is 5.69 Å². The maximum atomic E-state index is 12.6. The Bertz CT molecular complexity index is 818. The first-order valence-electron chi connectivity index (χ1n) is 9.52. The lowest BCUT2D eigenvalue weighted by molar-refractivity contribution is -0.130. The number of sulfonamides is 1. The van der Waals surface area contributed by atoms with E-state index >= 15 is 0 Å². The molecule has 0 radical (unpaired) electrons. The number of hydrogen-bond donors (Lipinski definition) is 1. The number of benzene rings is 1. The topological polar surface area (TPSA) is 96.0 Å². The number of ether oxygens (including phenoxy) is 1. The van der Waals surface area contributed by atoms with E-state index in [1.807, 2.05) is 6.92 Å². The zero-order valence-electron chi connectivity index (χ0n) is 16.3. The number of hydrogen-bond acceptors (Lipinski definition) is 5. The van der Waals surface area contributed by atoms with Crippen LogP contribution in [0, 0.1) is 5.92 Å². The first-order chi connectivity index (χ1) is 13.3. The molecule has 0 aromatic heterocycles. The Kier molecular flexibility index (Phi) is 6.36. The summed E-state index contributed by atoms with van der Waals surface area (Å²) < 4.78 is 31.7. The fraction of sp³-hybridized carbons (Fsp3) is 0.579. The third-order valence-electron chi connectivity index (χ3n) is 5.29. The van der Waals surface area contributed by atoms with E-state index < -0.39 is 15.9 Å². The van der Waals surface area contributed by atoms with E-state index in [1.54, 1.807) is 24.1 Å². The van der Waals surface area contributed by atoms with Gasteiger partial charge in [0, 0.05) is 38.9 Å². The van der Waals surface area contributed by atoms with E-state index in [-0.39, 0.29) is 29.2 Å². The standard InChI is InChI=1S/C19H27N3O5S/c1-14(13-27-2)22-12-15(11-18(22)23)19(24)20-16-5-7-17(8-6-16)28(25,26)21-9-3-4-10-21/h5-8,14-15H,3-4,9-13H2,1-2H3,(H,20,24)/t14-,15-/m0/s1. The van der Waals surface area contributed by atoms with Crippen LogP contribution in [-0.4, -0.2) is 68.8 Å². The lowest BCUT2D eigenvalue weighted by Crippen LogP contribution is -2.38. The molecule has 2 fully saturated rings. The second kappa shape index (κ2) is 8.59. The number of nitrogens with one attached hydrogen (secondary N) is 1. The molecule has 0 aliphatic carbocycles. The second-order valence-corrected chi connectivity index (χ2v) is 9.31. The van der Waals surface area contributed by atoms with E-state index in [4.69, 9.17) is 4.74 Å². The van der Waals surface area contributed by atoms with Crippen LogP contribution < -0.4 is 5.32 Å². The lowest BCUT2D eigenvalue weighted by atomic mass is 10.1. The van der Waals surface area contributed by atoms with Gasteiger partial charge in [-0.25, -0.2) is 8.42 Å². The normalized spacial score (nSPS) is 21.9. The molecule has 2 amide bonds. The van der Waals surface area contributed by atoms with Crippen LogP contribution in [0.1, 0.15) is 26.2 Å². The molecule has 2 heterocycles. The minimum absolute atomic E-state index is 0.0586. The van der Waals surface area contributed by atoms with Gasteiger partial charge in [-0.1, -0.05) is 0 Å². The molecule has 28 heavy (non-hydrogen) atoms. The van der Waals surface area contributed by atoms with E-state index in [1.165, 1.54) is 16.4 Å². The van der Waals surface area contributed by atoms with Crippen LogP contribution >= 0.6 is 0 Å². The molecule has 1 aromatic carbocycles. The number of carbonyl (C=O) groups is 2. The first-order valence-corrected chi connectivity index (χ1v) is 11.0. The largest absolute Gasteiger partial charge is 0.383 e. The van der Waals surface area contributed by atoms with Crippen molar-refractivity contribution in [1.29, 1.82) is 0 Å². The highest BCUT2D eigenvalue weighted by Gasteiger charge is 2.36. The summed E-state index contributed by atoms with van der Waals surface area (Å²) in [6, 6.07) is 6.11.